The number of hydrogen-bond acceptors (Lipinski definition) is 4. The summed E-state index contributed by atoms with van der Waals surface area (Å²) in [5.74, 6) is -0.850. The van der Waals surface area contributed by atoms with Crippen molar-refractivity contribution in [2.45, 2.75) is 19.6 Å². The van der Waals surface area contributed by atoms with E-state index in [0.29, 0.717) is 16.7 Å². The SMILES string of the molecule is N#CCc1ccc(-c2cnn(CC(=O)OCc3ccccc3)c2)c(F)c1. The Kier molecular flexibility index (Phi) is 5.40. The molecule has 0 bridgehead atoms. The van der Waals surface area contributed by atoms with Crippen LogP contribution in [0.2, 0.25) is 0 Å². The molecule has 5 nitrogen and oxygen atoms in total. The molecular formula is C20H16FN3O2. The van der Waals surface area contributed by atoms with Crippen molar-refractivity contribution in [1.82, 2.24) is 9.78 Å². The van der Waals surface area contributed by atoms with Crippen LogP contribution in [0.3, 0.4) is 0 Å². The van der Waals surface area contributed by atoms with Gasteiger partial charge < -0.3 is 4.74 Å². The molecule has 0 N–H and O–H groups in total. The number of rotatable bonds is 6. The van der Waals surface area contributed by atoms with Crippen LogP contribution in [-0.4, -0.2) is 15.7 Å². The maximum absolute atomic E-state index is 14.2. The highest BCUT2D eigenvalue weighted by molar-refractivity contribution is 5.69. The summed E-state index contributed by atoms with van der Waals surface area (Å²) in [7, 11) is 0. The third kappa shape index (κ3) is 4.33. The fraction of sp³-hybridized carbons (Fsp3) is 0.150. The summed E-state index contributed by atoms with van der Waals surface area (Å²) in [5, 5.41) is 12.8. The molecule has 0 aliphatic rings. The summed E-state index contributed by atoms with van der Waals surface area (Å²) in [6, 6.07) is 16.0. The van der Waals surface area contributed by atoms with E-state index in [2.05, 4.69) is 5.10 Å². The maximum Gasteiger partial charge on any atom is 0.328 e. The molecule has 2 aromatic carbocycles. The van der Waals surface area contributed by atoms with E-state index in [1.165, 1.54) is 16.9 Å². The Bertz CT molecular complexity index is 945. The van der Waals surface area contributed by atoms with Gasteiger partial charge in [0.25, 0.3) is 0 Å². The van der Waals surface area contributed by atoms with Crippen molar-refractivity contribution in [3.05, 3.63) is 77.9 Å². The lowest BCUT2D eigenvalue weighted by Gasteiger charge is -2.05. The largest absolute Gasteiger partial charge is 0.459 e. The van der Waals surface area contributed by atoms with Gasteiger partial charge in [-0.05, 0) is 17.2 Å². The normalized spacial score (nSPS) is 10.3. The molecule has 1 aromatic heterocycles. The first-order valence-electron chi connectivity index (χ1n) is 8.03. The summed E-state index contributed by atoms with van der Waals surface area (Å²) in [4.78, 5) is 11.9. The van der Waals surface area contributed by atoms with E-state index in [4.69, 9.17) is 10.00 Å². The molecule has 0 radical (unpaired) electrons. The average Bonchev–Trinajstić information content (AvgIpc) is 3.09. The van der Waals surface area contributed by atoms with Gasteiger partial charge in [-0.15, -0.1) is 0 Å². The maximum atomic E-state index is 14.2. The molecule has 26 heavy (non-hydrogen) atoms. The number of aromatic nitrogens is 2. The highest BCUT2D eigenvalue weighted by atomic mass is 19.1. The first kappa shape index (κ1) is 17.4. The lowest BCUT2D eigenvalue weighted by molar-refractivity contribution is -0.145. The summed E-state index contributed by atoms with van der Waals surface area (Å²) in [6.07, 6.45) is 3.24. The van der Waals surface area contributed by atoms with Crippen molar-refractivity contribution < 1.29 is 13.9 Å². The van der Waals surface area contributed by atoms with Gasteiger partial charge in [0.2, 0.25) is 0 Å². The van der Waals surface area contributed by atoms with Crippen LogP contribution in [0.4, 0.5) is 4.39 Å². The summed E-state index contributed by atoms with van der Waals surface area (Å²) in [5.41, 5.74) is 2.45. The molecule has 0 fully saturated rings. The molecule has 0 amide bonds. The van der Waals surface area contributed by atoms with Crippen LogP contribution >= 0.6 is 0 Å². The molecule has 0 saturated heterocycles. The summed E-state index contributed by atoms with van der Waals surface area (Å²) >= 11 is 0. The Balaban J connectivity index is 1.63. The predicted molar refractivity (Wildman–Crippen MR) is 93.2 cm³/mol. The molecule has 0 aliphatic carbocycles. The van der Waals surface area contributed by atoms with Gasteiger partial charge in [-0.25, -0.2) is 4.39 Å². The number of esters is 1. The van der Waals surface area contributed by atoms with Crippen LogP contribution in [0.15, 0.2) is 60.9 Å². The van der Waals surface area contributed by atoms with E-state index in [0.717, 1.165) is 5.56 Å². The number of nitriles is 1. The minimum absolute atomic E-state index is 0.0546. The molecule has 0 aliphatic heterocycles. The van der Waals surface area contributed by atoms with Crippen molar-refractivity contribution in [1.29, 1.82) is 5.26 Å². The number of benzene rings is 2. The van der Waals surface area contributed by atoms with Crippen LogP contribution < -0.4 is 0 Å². The van der Waals surface area contributed by atoms with Crippen molar-refractivity contribution in [3.8, 4) is 17.2 Å². The quantitative estimate of drug-likeness (QED) is 0.639. The van der Waals surface area contributed by atoms with Gasteiger partial charge in [-0.3, -0.25) is 9.48 Å². The second kappa shape index (κ2) is 8.08. The van der Waals surface area contributed by atoms with Gasteiger partial charge >= 0.3 is 5.97 Å². The number of carbonyl (C=O) groups is 1. The minimum atomic E-state index is -0.427. The highest BCUT2D eigenvalue weighted by Gasteiger charge is 2.11. The molecule has 1 heterocycles. The van der Waals surface area contributed by atoms with Crippen LogP contribution in [0.5, 0.6) is 0 Å². The molecule has 0 spiro atoms. The number of carbonyl (C=O) groups excluding carboxylic acids is 1. The van der Waals surface area contributed by atoms with Gasteiger partial charge in [-0.2, -0.15) is 10.4 Å². The number of ether oxygens (including phenoxy) is 1. The van der Waals surface area contributed by atoms with E-state index >= 15 is 0 Å². The monoisotopic (exact) mass is 349 g/mol. The van der Waals surface area contributed by atoms with Gasteiger partial charge in [-0.1, -0.05) is 42.5 Å². The smallest absolute Gasteiger partial charge is 0.328 e. The molecule has 130 valence electrons. The van der Waals surface area contributed by atoms with E-state index < -0.39 is 11.8 Å². The van der Waals surface area contributed by atoms with Crippen molar-refractivity contribution in [2.24, 2.45) is 0 Å². The van der Waals surface area contributed by atoms with Crippen molar-refractivity contribution in [3.63, 3.8) is 0 Å². The third-order valence-electron chi connectivity index (χ3n) is 3.79. The van der Waals surface area contributed by atoms with Crippen LogP contribution in [0.25, 0.3) is 11.1 Å². The molecular weight excluding hydrogens is 333 g/mol. The number of hydrogen-bond donors (Lipinski definition) is 0. The number of nitrogens with zero attached hydrogens (tertiary/aromatic N) is 3. The minimum Gasteiger partial charge on any atom is -0.459 e. The predicted octanol–water partition coefficient (Wildman–Crippen LogP) is 3.50. The first-order chi connectivity index (χ1) is 12.7. The van der Waals surface area contributed by atoms with Gasteiger partial charge in [0.15, 0.2) is 0 Å². The van der Waals surface area contributed by atoms with E-state index in [1.54, 1.807) is 18.3 Å². The van der Waals surface area contributed by atoms with E-state index in [9.17, 15) is 9.18 Å². The van der Waals surface area contributed by atoms with Gasteiger partial charge in [0, 0.05) is 17.3 Å². The zero-order valence-electron chi connectivity index (χ0n) is 13.9. The molecule has 0 atom stereocenters. The average molecular weight is 349 g/mol. The van der Waals surface area contributed by atoms with E-state index in [1.807, 2.05) is 36.4 Å². The molecule has 3 aromatic rings. The van der Waals surface area contributed by atoms with Crippen molar-refractivity contribution >= 4 is 5.97 Å². The van der Waals surface area contributed by atoms with Crippen molar-refractivity contribution in [2.75, 3.05) is 0 Å². The van der Waals surface area contributed by atoms with Gasteiger partial charge in [0.05, 0.1) is 18.7 Å². The Labute approximate surface area is 150 Å². The Morgan fingerprint density at radius 2 is 2.00 bits per heavy atom. The van der Waals surface area contributed by atoms with Crippen LogP contribution in [0, 0.1) is 17.1 Å². The zero-order chi connectivity index (χ0) is 18.4. The Morgan fingerprint density at radius 1 is 1.19 bits per heavy atom. The third-order valence-corrected chi connectivity index (χ3v) is 3.79. The van der Waals surface area contributed by atoms with Gasteiger partial charge in [0.1, 0.15) is 19.0 Å². The van der Waals surface area contributed by atoms with E-state index in [-0.39, 0.29) is 19.6 Å². The fourth-order valence-corrected chi connectivity index (χ4v) is 2.50. The lowest BCUT2D eigenvalue weighted by Crippen LogP contribution is -2.13. The topological polar surface area (TPSA) is 67.9 Å². The highest BCUT2D eigenvalue weighted by Crippen LogP contribution is 2.23. The number of halogens is 1. The molecule has 0 unspecified atom stereocenters. The molecule has 6 heteroatoms. The fourth-order valence-electron chi connectivity index (χ4n) is 2.50. The second-order valence-electron chi connectivity index (χ2n) is 5.72. The lowest BCUT2D eigenvalue weighted by atomic mass is 10.1. The second-order valence-corrected chi connectivity index (χ2v) is 5.72. The van der Waals surface area contributed by atoms with Crippen LogP contribution in [0.1, 0.15) is 11.1 Å². The van der Waals surface area contributed by atoms with Crippen LogP contribution in [-0.2, 0) is 29.1 Å². The summed E-state index contributed by atoms with van der Waals surface area (Å²) < 4.78 is 20.8. The Morgan fingerprint density at radius 3 is 2.73 bits per heavy atom. The Hall–Kier alpha value is -3.46. The standard InChI is InChI=1S/C20H16FN3O2/c21-19-10-15(8-9-22)6-7-18(19)17-11-23-24(12-17)13-20(25)26-14-16-4-2-1-3-5-16/h1-7,10-12H,8,13-14H2. The summed E-state index contributed by atoms with van der Waals surface area (Å²) in [6.45, 7) is 0.143. The zero-order valence-corrected chi connectivity index (χ0v) is 13.9. The molecule has 0 saturated carbocycles. The molecule has 3 rings (SSSR count). The first-order valence-corrected chi connectivity index (χ1v) is 8.03.